The first kappa shape index (κ1) is 20.8. The van der Waals surface area contributed by atoms with Gasteiger partial charge in [0.15, 0.2) is 12.4 Å². The minimum atomic E-state index is -1.68. The molecule has 3 N–H and O–H groups in total. The summed E-state index contributed by atoms with van der Waals surface area (Å²) in [6.07, 6.45) is -7.26. The highest BCUT2D eigenvalue weighted by atomic mass is 16.7. The van der Waals surface area contributed by atoms with E-state index >= 15 is 0 Å². The summed E-state index contributed by atoms with van der Waals surface area (Å²) < 4.78 is 15.3. The summed E-state index contributed by atoms with van der Waals surface area (Å²) in [5, 5.41) is 30.0. The highest BCUT2D eigenvalue weighted by molar-refractivity contribution is 5.76. The van der Waals surface area contributed by atoms with Gasteiger partial charge in [0.1, 0.15) is 24.9 Å². The molecule has 0 aromatic rings. The lowest BCUT2D eigenvalue weighted by Gasteiger charge is -2.40. The molecule has 1 aliphatic heterocycles. The van der Waals surface area contributed by atoms with Crippen LogP contribution in [0.4, 0.5) is 0 Å². The van der Waals surface area contributed by atoms with Gasteiger partial charge in [0.25, 0.3) is 0 Å². The van der Waals surface area contributed by atoms with Crippen molar-refractivity contribution in [3.8, 4) is 0 Å². The van der Waals surface area contributed by atoms with E-state index < -0.39 is 53.5 Å². The van der Waals surface area contributed by atoms with E-state index in [2.05, 4.69) is 0 Å². The van der Waals surface area contributed by atoms with E-state index in [4.69, 9.17) is 14.2 Å². The minimum Gasteiger partial charge on any atom is -0.462 e. The van der Waals surface area contributed by atoms with Crippen molar-refractivity contribution < 1.29 is 39.1 Å². The van der Waals surface area contributed by atoms with Gasteiger partial charge in [-0.15, -0.1) is 0 Å². The molecule has 0 unspecified atom stereocenters. The maximum Gasteiger partial charge on any atom is 0.311 e. The molecule has 1 fully saturated rings. The number of aliphatic hydroxyl groups excluding tert-OH is 3. The topological polar surface area (TPSA) is 123 Å². The van der Waals surface area contributed by atoms with Crippen molar-refractivity contribution in [2.45, 2.75) is 72.2 Å². The maximum atomic E-state index is 12.0. The van der Waals surface area contributed by atoms with E-state index in [1.807, 2.05) is 0 Å². The van der Waals surface area contributed by atoms with Gasteiger partial charge in [0.05, 0.1) is 10.8 Å². The van der Waals surface area contributed by atoms with Crippen LogP contribution in [0.5, 0.6) is 0 Å². The number of hydrogen-bond donors (Lipinski definition) is 3. The monoisotopic (exact) mass is 348 g/mol. The van der Waals surface area contributed by atoms with Gasteiger partial charge >= 0.3 is 11.9 Å². The van der Waals surface area contributed by atoms with Crippen LogP contribution < -0.4 is 0 Å². The molecule has 1 saturated heterocycles. The molecule has 1 rings (SSSR count). The van der Waals surface area contributed by atoms with E-state index in [9.17, 15) is 24.9 Å². The molecule has 24 heavy (non-hydrogen) atoms. The summed E-state index contributed by atoms with van der Waals surface area (Å²) in [4.78, 5) is 23.8. The molecule has 140 valence electrons. The van der Waals surface area contributed by atoms with Gasteiger partial charge in [-0.3, -0.25) is 9.59 Å². The van der Waals surface area contributed by atoms with E-state index in [0.717, 1.165) is 0 Å². The first-order valence-corrected chi connectivity index (χ1v) is 7.83. The van der Waals surface area contributed by atoms with Gasteiger partial charge in [-0.1, -0.05) is 0 Å². The summed E-state index contributed by atoms with van der Waals surface area (Å²) in [7, 11) is 0. The van der Waals surface area contributed by atoms with E-state index in [0.29, 0.717) is 0 Å². The van der Waals surface area contributed by atoms with Crippen LogP contribution in [0.1, 0.15) is 41.5 Å². The number of esters is 2. The van der Waals surface area contributed by atoms with Crippen LogP contribution >= 0.6 is 0 Å². The molecule has 8 heteroatoms. The van der Waals surface area contributed by atoms with Crippen molar-refractivity contribution in [2.75, 3.05) is 6.61 Å². The van der Waals surface area contributed by atoms with E-state index in [1.165, 1.54) is 0 Å². The van der Waals surface area contributed by atoms with Crippen LogP contribution in [0.2, 0.25) is 0 Å². The van der Waals surface area contributed by atoms with Crippen LogP contribution in [0.3, 0.4) is 0 Å². The second-order valence-corrected chi connectivity index (χ2v) is 8.01. The highest BCUT2D eigenvalue weighted by Gasteiger charge is 2.47. The van der Waals surface area contributed by atoms with Crippen molar-refractivity contribution in [3.05, 3.63) is 0 Å². The molecular formula is C16H28O8. The Bertz CT molecular complexity index is 462. The third-order valence-electron chi connectivity index (χ3n) is 3.51. The van der Waals surface area contributed by atoms with Crippen molar-refractivity contribution in [3.63, 3.8) is 0 Å². The number of aliphatic hydroxyl groups is 3. The number of rotatable bonds is 3. The highest BCUT2D eigenvalue weighted by Crippen LogP contribution is 2.26. The third kappa shape index (κ3) is 5.14. The zero-order valence-corrected chi connectivity index (χ0v) is 15.0. The molecule has 0 aromatic heterocycles. The Balaban J connectivity index is 2.79. The molecule has 0 radical (unpaired) electrons. The molecule has 0 spiro atoms. The Kier molecular flexibility index (Phi) is 6.37. The number of carbonyl (C=O) groups excluding carboxylic acids is 2. The zero-order chi connectivity index (χ0) is 18.9. The van der Waals surface area contributed by atoms with Crippen LogP contribution in [0, 0.1) is 10.8 Å². The number of carbonyl (C=O) groups is 2. The molecule has 0 aromatic carbocycles. The molecular weight excluding hydrogens is 320 g/mol. The van der Waals surface area contributed by atoms with Crippen LogP contribution in [0.15, 0.2) is 0 Å². The lowest BCUT2D eigenvalue weighted by Crippen LogP contribution is -2.60. The average Bonchev–Trinajstić information content (AvgIpc) is 2.43. The molecule has 5 atom stereocenters. The second kappa shape index (κ2) is 7.35. The third-order valence-corrected chi connectivity index (χ3v) is 3.51. The normalized spacial score (nSPS) is 31.5. The maximum absolute atomic E-state index is 12.0. The van der Waals surface area contributed by atoms with Crippen molar-refractivity contribution in [1.82, 2.24) is 0 Å². The quantitative estimate of drug-likeness (QED) is 0.608. The fraction of sp³-hybridized carbons (Fsp3) is 0.875. The fourth-order valence-electron chi connectivity index (χ4n) is 1.87. The molecule has 0 amide bonds. The molecule has 0 bridgehead atoms. The second-order valence-electron chi connectivity index (χ2n) is 8.01. The van der Waals surface area contributed by atoms with Gasteiger partial charge < -0.3 is 29.5 Å². The number of ether oxygens (including phenoxy) is 3. The summed E-state index contributed by atoms with van der Waals surface area (Å²) in [5.74, 6) is -1.16. The Hall–Kier alpha value is -1.22. The van der Waals surface area contributed by atoms with Crippen LogP contribution in [-0.4, -0.2) is 64.6 Å². The molecule has 1 aliphatic rings. The lowest BCUT2D eigenvalue weighted by molar-refractivity contribution is -0.292. The Labute approximate surface area is 141 Å². The Morgan fingerprint density at radius 3 is 1.88 bits per heavy atom. The van der Waals surface area contributed by atoms with E-state index in [1.54, 1.807) is 41.5 Å². The van der Waals surface area contributed by atoms with Crippen molar-refractivity contribution in [1.29, 1.82) is 0 Å². The van der Waals surface area contributed by atoms with Crippen molar-refractivity contribution >= 4 is 11.9 Å². The zero-order valence-electron chi connectivity index (χ0n) is 15.0. The number of hydrogen-bond acceptors (Lipinski definition) is 8. The van der Waals surface area contributed by atoms with Crippen LogP contribution in [-0.2, 0) is 23.8 Å². The molecule has 0 aliphatic carbocycles. The van der Waals surface area contributed by atoms with Gasteiger partial charge in [0, 0.05) is 0 Å². The molecule has 0 saturated carbocycles. The predicted octanol–water partition coefficient (Wildman–Crippen LogP) is -0.0274. The summed E-state index contributed by atoms with van der Waals surface area (Å²) in [6.45, 7) is 9.51. The SMILES string of the molecule is CC(C)(C)C(=O)OC[C@H]1O[C@@H](O)[C@H](O)[C@@H](OC(=O)C(C)(C)C)[C@H]1O. The summed E-state index contributed by atoms with van der Waals surface area (Å²) in [6, 6.07) is 0. The van der Waals surface area contributed by atoms with Crippen molar-refractivity contribution in [2.24, 2.45) is 10.8 Å². The van der Waals surface area contributed by atoms with Gasteiger partial charge in [-0.25, -0.2) is 0 Å². The largest absolute Gasteiger partial charge is 0.462 e. The smallest absolute Gasteiger partial charge is 0.311 e. The van der Waals surface area contributed by atoms with Gasteiger partial charge in [-0.2, -0.15) is 0 Å². The predicted molar refractivity (Wildman–Crippen MR) is 82.6 cm³/mol. The first-order valence-electron chi connectivity index (χ1n) is 7.83. The molecule has 1 heterocycles. The average molecular weight is 348 g/mol. The first-order chi connectivity index (χ1) is 10.7. The minimum absolute atomic E-state index is 0.343. The Morgan fingerprint density at radius 2 is 1.42 bits per heavy atom. The lowest BCUT2D eigenvalue weighted by atomic mass is 9.95. The summed E-state index contributed by atoms with van der Waals surface area (Å²) >= 11 is 0. The molecule has 8 nitrogen and oxygen atoms in total. The fourth-order valence-corrected chi connectivity index (χ4v) is 1.87. The standard InChI is InChI=1S/C16H28O8/c1-15(2,3)13(20)22-7-8-9(17)11(10(18)12(19)23-8)24-14(21)16(4,5)6/h8-12,17-19H,7H2,1-6H3/t8-,9+,10-,11+,12-/m1/s1. The summed E-state index contributed by atoms with van der Waals surface area (Å²) in [5.41, 5.74) is -1.59. The Morgan fingerprint density at radius 1 is 0.917 bits per heavy atom. The van der Waals surface area contributed by atoms with E-state index in [-0.39, 0.29) is 6.61 Å². The van der Waals surface area contributed by atoms with Gasteiger partial charge in [0.2, 0.25) is 0 Å². The van der Waals surface area contributed by atoms with Crippen LogP contribution in [0.25, 0.3) is 0 Å². The van der Waals surface area contributed by atoms with Gasteiger partial charge in [-0.05, 0) is 41.5 Å².